The molecule has 4 N–H and O–H groups in total. The van der Waals surface area contributed by atoms with Crippen LogP contribution in [0.3, 0.4) is 0 Å². The standard InChI is InChI=1S/C8H9BrFN3S/c1-4-2-5(9)6(10)3-7(4)12-8(14)13-11/h2-3H,11H2,1H3,(H2,12,13,14). The number of thiocarbonyl (C=S) groups is 1. The summed E-state index contributed by atoms with van der Waals surface area (Å²) < 4.78 is 13.6. The molecule has 0 atom stereocenters. The second kappa shape index (κ2) is 4.68. The van der Waals surface area contributed by atoms with E-state index in [1.165, 1.54) is 6.07 Å². The van der Waals surface area contributed by atoms with Crippen LogP contribution < -0.4 is 16.6 Å². The first-order valence-corrected chi connectivity index (χ1v) is 4.98. The Morgan fingerprint density at radius 1 is 1.57 bits per heavy atom. The normalized spacial score (nSPS) is 9.71. The maximum Gasteiger partial charge on any atom is 0.185 e. The molecule has 0 amide bonds. The second-order valence-corrected chi connectivity index (χ2v) is 3.94. The van der Waals surface area contributed by atoms with E-state index in [1.807, 2.05) is 6.92 Å². The molecule has 3 nitrogen and oxygen atoms in total. The van der Waals surface area contributed by atoms with E-state index in [1.54, 1.807) is 6.07 Å². The van der Waals surface area contributed by atoms with Gasteiger partial charge in [-0.05, 0) is 52.8 Å². The van der Waals surface area contributed by atoms with Crippen molar-refractivity contribution in [2.45, 2.75) is 6.92 Å². The number of hydrazine groups is 1. The quantitative estimate of drug-likeness (QED) is 0.418. The van der Waals surface area contributed by atoms with Crippen molar-refractivity contribution in [2.75, 3.05) is 5.32 Å². The lowest BCUT2D eigenvalue weighted by molar-refractivity contribution is 0.621. The number of rotatable bonds is 1. The summed E-state index contributed by atoms with van der Waals surface area (Å²) in [6.07, 6.45) is 0. The molecule has 0 aliphatic rings. The number of benzene rings is 1. The summed E-state index contributed by atoms with van der Waals surface area (Å²) in [4.78, 5) is 0. The molecule has 0 aliphatic carbocycles. The van der Waals surface area contributed by atoms with Crippen molar-refractivity contribution < 1.29 is 4.39 Å². The molecule has 0 aromatic heterocycles. The number of hydrogen-bond donors (Lipinski definition) is 3. The zero-order chi connectivity index (χ0) is 10.7. The third-order valence-electron chi connectivity index (χ3n) is 1.65. The van der Waals surface area contributed by atoms with Gasteiger partial charge in [-0.1, -0.05) is 0 Å². The number of aryl methyl sites for hydroxylation is 1. The van der Waals surface area contributed by atoms with E-state index < -0.39 is 0 Å². The molecule has 0 fully saturated rings. The van der Waals surface area contributed by atoms with Gasteiger partial charge in [0, 0.05) is 5.69 Å². The Labute approximate surface area is 95.0 Å². The third kappa shape index (κ3) is 2.63. The van der Waals surface area contributed by atoms with E-state index in [2.05, 4.69) is 26.7 Å². The smallest absolute Gasteiger partial charge is 0.185 e. The van der Waals surface area contributed by atoms with Gasteiger partial charge in [-0.2, -0.15) is 0 Å². The summed E-state index contributed by atoms with van der Waals surface area (Å²) in [6, 6.07) is 3.01. The molecule has 0 heterocycles. The fourth-order valence-electron chi connectivity index (χ4n) is 0.939. The molecule has 0 bridgehead atoms. The number of hydrogen-bond acceptors (Lipinski definition) is 2. The van der Waals surface area contributed by atoms with Gasteiger partial charge < -0.3 is 10.7 Å². The maximum atomic E-state index is 13.1. The van der Waals surface area contributed by atoms with Gasteiger partial charge in [-0.15, -0.1) is 0 Å². The summed E-state index contributed by atoms with van der Waals surface area (Å²) in [5.74, 6) is 4.73. The molecule has 1 aromatic rings. The lowest BCUT2D eigenvalue weighted by Crippen LogP contribution is -2.34. The van der Waals surface area contributed by atoms with E-state index in [0.29, 0.717) is 10.2 Å². The lowest BCUT2D eigenvalue weighted by atomic mass is 10.2. The molecule has 0 saturated carbocycles. The largest absolute Gasteiger partial charge is 0.331 e. The number of nitrogens with two attached hydrogens (primary N) is 1. The first kappa shape index (κ1) is 11.4. The summed E-state index contributed by atoms with van der Waals surface area (Å²) in [5.41, 5.74) is 3.72. The SMILES string of the molecule is Cc1cc(Br)c(F)cc1NC(=S)NN. The minimum Gasteiger partial charge on any atom is -0.331 e. The molecule has 0 saturated heterocycles. The van der Waals surface area contributed by atoms with Crippen molar-refractivity contribution in [2.24, 2.45) is 5.84 Å². The van der Waals surface area contributed by atoms with Crippen molar-refractivity contribution in [1.82, 2.24) is 5.43 Å². The van der Waals surface area contributed by atoms with E-state index >= 15 is 0 Å². The maximum absolute atomic E-state index is 13.1. The van der Waals surface area contributed by atoms with Crippen molar-refractivity contribution in [3.05, 3.63) is 28.0 Å². The van der Waals surface area contributed by atoms with Crippen LogP contribution in [0.2, 0.25) is 0 Å². The van der Waals surface area contributed by atoms with Gasteiger partial charge in [-0.25, -0.2) is 10.2 Å². The monoisotopic (exact) mass is 277 g/mol. The van der Waals surface area contributed by atoms with Gasteiger partial charge in [-0.3, -0.25) is 0 Å². The van der Waals surface area contributed by atoms with Gasteiger partial charge in [0.1, 0.15) is 5.82 Å². The Bertz CT molecular complexity index is 370. The van der Waals surface area contributed by atoms with Crippen molar-refractivity contribution in [3.8, 4) is 0 Å². The Kier molecular flexibility index (Phi) is 3.79. The Balaban J connectivity index is 2.98. The Hall–Kier alpha value is -0.720. The van der Waals surface area contributed by atoms with Crippen LogP contribution in [-0.2, 0) is 0 Å². The van der Waals surface area contributed by atoms with Crippen molar-refractivity contribution in [3.63, 3.8) is 0 Å². The summed E-state index contributed by atoms with van der Waals surface area (Å²) in [7, 11) is 0. The highest BCUT2D eigenvalue weighted by Gasteiger charge is 2.05. The molecule has 0 unspecified atom stereocenters. The van der Waals surface area contributed by atoms with Gasteiger partial charge in [0.15, 0.2) is 5.11 Å². The summed E-state index contributed by atoms with van der Waals surface area (Å²) in [6.45, 7) is 1.84. The topological polar surface area (TPSA) is 50.1 Å². The first-order chi connectivity index (χ1) is 6.54. The zero-order valence-corrected chi connectivity index (χ0v) is 9.80. The van der Waals surface area contributed by atoms with Crippen LogP contribution in [0, 0.1) is 12.7 Å². The predicted molar refractivity (Wildman–Crippen MR) is 62.4 cm³/mol. The molecular formula is C8H9BrFN3S. The van der Waals surface area contributed by atoms with Crippen LogP contribution in [0.5, 0.6) is 0 Å². The molecule has 0 aliphatic heterocycles. The summed E-state index contributed by atoms with van der Waals surface area (Å²) in [5, 5.41) is 3.01. The number of halogens is 2. The second-order valence-electron chi connectivity index (χ2n) is 2.68. The molecule has 1 aromatic carbocycles. The highest BCUT2D eigenvalue weighted by molar-refractivity contribution is 9.10. The van der Waals surface area contributed by atoms with Gasteiger partial charge >= 0.3 is 0 Å². The van der Waals surface area contributed by atoms with Crippen LogP contribution in [0.1, 0.15) is 5.56 Å². The third-order valence-corrected chi connectivity index (χ3v) is 2.47. The lowest BCUT2D eigenvalue weighted by Gasteiger charge is -2.10. The van der Waals surface area contributed by atoms with Gasteiger partial charge in [0.25, 0.3) is 0 Å². The van der Waals surface area contributed by atoms with E-state index in [4.69, 9.17) is 18.1 Å². The Morgan fingerprint density at radius 2 is 2.21 bits per heavy atom. The van der Waals surface area contributed by atoms with E-state index in [9.17, 15) is 4.39 Å². The molecule has 6 heteroatoms. The number of anilines is 1. The minimum absolute atomic E-state index is 0.245. The fourth-order valence-corrected chi connectivity index (χ4v) is 1.51. The molecule has 0 radical (unpaired) electrons. The highest BCUT2D eigenvalue weighted by atomic mass is 79.9. The zero-order valence-electron chi connectivity index (χ0n) is 7.40. The number of nitrogens with one attached hydrogen (secondary N) is 2. The fraction of sp³-hybridized carbons (Fsp3) is 0.125. The van der Waals surface area contributed by atoms with Crippen molar-refractivity contribution in [1.29, 1.82) is 0 Å². The molecular weight excluding hydrogens is 269 g/mol. The van der Waals surface area contributed by atoms with Crippen LogP contribution >= 0.6 is 28.1 Å². The average Bonchev–Trinajstić information content (AvgIpc) is 2.14. The van der Waals surface area contributed by atoms with Gasteiger partial charge in [0.05, 0.1) is 4.47 Å². The van der Waals surface area contributed by atoms with E-state index in [-0.39, 0.29) is 10.9 Å². The molecule has 0 spiro atoms. The highest BCUT2D eigenvalue weighted by Crippen LogP contribution is 2.23. The summed E-state index contributed by atoms with van der Waals surface area (Å²) >= 11 is 7.88. The Morgan fingerprint density at radius 3 is 2.79 bits per heavy atom. The van der Waals surface area contributed by atoms with E-state index in [0.717, 1.165) is 5.56 Å². The van der Waals surface area contributed by atoms with Crippen LogP contribution in [0.25, 0.3) is 0 Å². The van der Waals surface area contributed by atoms with Crippen LogP contribution in [0.15, 0.2) is 16.6 Å². The molecule has 14 heavy (non-hydrogen) atoms. The van der Waals surface area contributed by atoms with Crippen LogP contribution in [0.4, 0.5) is 10.1 Å². The minimum atomic E-state index is -0.349. The average molecular weight is 278 g/mol. The van der Waals surface area contributed by atoms with Crippen molar-refractivity contribution >= 4 is 38.9 Å². The van der Waals surface area contributed by atoms with Gasteiger partial charge in [0.2, 0.25) is 0 Å². The van der Waals surface area contributed by atoms with Crippen LogP contribution in [-0.4, -0.2) is 5.11 Å². The first-order valence-electron chi connectivity index (χ1n) is 3.78. The predicted octanol–water partition coefficient (Wildman–Crippen LogP) is 2.06. The molecule has 76 valence electrons. The molecule has 1 rings (SSSR count).